The summed E-state index contributed by atoms with van der Waals surface area (Å²) in [5.41, 5.74) is 2.53. The average Bonchev–Trinajstić information content (AvgIpc) is 3.59. The van der Waals surface area contributed by atoms with Crippen molar-refractivity contribution < 1.29 is 14.3 Å². The lowest BCUT2D eigenvalue weighted by atomic mass is 9.93. The normalized spacial score (nSPS) is 15.6. The minimum absolute atomic E-state index is 0.145. The lowest BCUT2D eigenvalue weighted by molar-refractivity contribution is -0.142. The van der Waals surface area contributed by atoms with Gasteiger partial charge in [-0.25, -0.2) is 19.9 Å². The van der Waals surface area contributed by atoms with Crippen LogP contribution in [0, 0.1) is 5.92 Å². The molecule has 6 rings (SSSR count). The molecule has 1 fully saturated rings. The van der Waals surface area contributed by atoms with Crippen molar-refractivity contribution in [2.45, 2.75) is 32.4 Å². The molecule has 1 aromatic carbocycles. The summed E-state index contributed by atoms with van der Waals surface area (Å²) >= 11 is 12.6. The molecule has 41 heavy (non-hydrogen) atoms. The number of anilines is 2. The highest BCUT2D eigenvalue weighted by atomic mass is 35.5. The van der Waals surface area contributed by atoms with Gasteiger partial charge in [-0.1, -0.05) is 23.2 Å². The van der Waals surface area contributed by atoms with Crippen molar-refractivity contribution in [2.75, 3.05) is 31.6 Å². The Labute approximate surface area is 247 Å². The summed E-state index contributed by atoms with van der Waals surface area (Å²) in [7, 11) is 1.44. The van der Waals surface area contributed by atoms with Gasteiger partial charge >= 0.3 is 5.97 Å². The molecule has 0 bridgehead atoms. The Kier molecular flexibility index (Phi) is 8.04. The predicted molar refractivity (Wildman–Crippen MR) is 156 cm³/mol. The molecule has 212 valence electrons. The van der Waals surface area contributed by atoms with Gasteiger partial charge in [0.1, 0.15) is 0 Å². The van der Waals surface area contributed by atoms with Crippen LogP contribution in [0.5, 0.6) is 11.6 Å². The number of ether oxygens (including phenoxy) is 2. The number of hydrogen-bond acceptors (Lipinski definition) is 9. The van der Waals surface area contributed by atoms with Crippen LogP contribution in [0.15, 0.2) is 55.1 Å². The third-order valence-electron chi connectivity index (χ3n) is 7.39. The van der Waals surface area contributed by atoms with Crippen LogP contribution in [-0.4, -0.2) is 62.1 Å². The Morgan fingerprint density at radius 1 is 0.976 bits per heavy atom. The van der Waals surface area contributed by atoms with Crippen LogP contribution >= 0.6 is 23.2 Å². The molecule has 12 heteroatoms. The van der Waals surface area contributed by atoms with Gasteiger partial charge in [-0.05, 0) is 61.7 Å². The summed E-state index contributed by atoms with van der Waals surface area (Å²) in [6.45, 7) is 4.10. The van der Waals surface area contributed by atoms with E-state index in [2.05, 4.69) is 24.4 Å². The van der Waals surface area contributed by atoms with Crippen LogP contribution in [0.25, 0.3) is 11.3 Å². The van der Waals surface area contributed by atoms with Crippen molar-refractivity contribution in [1.29, 1.82) is 0 Å². The van der Waals surface area contributed by atoms with E-state index >= 15 is 0 Å². The topological polar surface area (TPSA) is 98.5 Å². The Hall–Kier alpha value is -3.73. The van der Waals surface area contributed by atoms with Gasteiger partial charge in [0.15, 0.2) is 5.75 Å². The lowest BCUT2D eigenvalue weighted by Gasteiger charge is -2.31. The van der Waals surface area contributed by atoms with Gasteiger partial charge in [0.2, 0.25) is 17.8 Å². The molecule has 1 saturated heterocycles. The van der Waals surface area contributed by atoms with E-state index in [0.29, 0.717) is 52.2 Å². The zero-order valence-electron chi connectivity index (χ0n) is 22.5. The molecule has 0 amide bonds. The van der Waals surface area contributed by atoms with E-state index in [9.17, 15) is 4.79 Å². The number of pyridine rings is 1. The van der Waals surface area contributed by atoms with E-state index < -0.39 is 0 Å². The van der Waals surface area contributed by atoms with Gasteiger partial charge in [-0.3, -0.25) is 14.6 Å². The Bertz CT molecular complexity index is 1520. The molecule has 5 heterocycles. The lowest BCUT2D eigenvalue weighted by Crippen LogP contribution is -2.34. The highest BCUT2D eigenvalue weighted by Gasteiger charge is 2.24. The average molecular weight is 595 g/mol. The maximum Gasteiger partial charge on any atom is 0.305 e. The zero-order valence-corrected chi connectivity index (χ0v) is 24.1. The van der Waals surface area contributed by atoms with Gasteiger partial charge in [0, 0.05) is 60.1 Å². The van der Waals surface area contributed by atoms with Crippen molar-refractivity contribution in [2.24, 2.45) is 5.92 Å². The molecule has 0 radical (unpaired) electrons. The third-order valence-corrected chi connectivity index (χ3v) is 7.83. The molecule has 4 aromatic rings. The third kappa shape index (κ3) is 6.45. The number of nitrogens with zero attached hydrogens (tertiary/aromatic N) is 7. The van der Waals surface area contributed by atoms with E-state index in [0.717, 1.165) is 56.1 Å². The molecule has 0 unspecified atom stereocenters. The fourth-order valence-electron chi connectivity index (χ4n) is 5.32. The van der Waals surface area contributed by atoms with Gasteiger partial charge in [0.25, 0.3) is 0 Å². The largest absolute Gasteiger partial charge is 0.469 e. The predicted octanol–water partition coefficient (Wildman–Crippen LogP) is 5.76. The summed E-state index contributed by atoms with van der Waals surface area (Å²) in [4.78, 5) is 34.2. The molecule has 2 aliphatic rings. The SMILES string of the molecule is COC(=O)CC1CCN(Cc2cc(Oc3cnc(N4CCn5ccnc54)nc3)nc(-c3cc(Cl)cc(Cl)c3)c2)CC1. The van der Waals surface area contributed by atoms with Crippen LogP contribution in [0.4, 0.5) is 11.9 Å². The summed E-state index contributed by atoms with van der Waals surface area (Å²) < 4.78 is 13.1. The Morgan fingerprint density at radius 2 is 1.73 bits per heavy atom. The second kappa shape index (κ2) is 12.0. The number of aromatic nitrogens is 5. The minimum Gasteiger partial charge on any atom is -0.469 e. The Balaban J connectivity index is 1.21. The van der Waals surface area contributed by atoms with Gasteiger partial charge in [-0.15, -0.1) is 0 Å². The van der Waals surface area contributed by atoms with Crippen LogP contribution < -0.4 is 9.64 Å². The number of hydrogen-bond donors (Lipinski definition) is 0. The summed E-state index contributed by atoms with van der Waals surface area (Å²) in [6, 6.07) is 9.32. The molecule has 0 spiro atoms. The number of esters is 1. The number of fused-ring (bicyclic) bond motifs is 1. The summed E-state index contributed by atoms with van der Waals surface area (Å²) in [5, 5.41) is 1.06. The minimum atomic E-state index is -0.145. The number of carbonyl (C=O) groups excluding carboxylic acids is 1. The number of piperidine rings is 1. The number of halogens is 2. The van der Waals surface area contributed by atoms with E-state index in [1.807, 2.05) is 35.4 Å². The molecule has 0 N–H and O–H groups in total. The van der Waals surface area contributed by atoms with E-state index in [1.54, 1.807) is 24.7 Å². The van der Waals surface area contributed by atoms with Crippen molar-refractivity contribution in [3.05, 3.63) is 70.7 Å². The quantitative estimate of drug-likeness (QED) is 0.236. The number of methoxy groups -OCH3 is 1. The first-order valence-corrected chi connectivity index (χ1v) is 14.2. The maximum atomic E-state index is 11.7. The second-order valence-corrected chi connectivity index (χ2v) is 11.1. The molecular weight excluding hydrogens is 565 g/mol. The summed E-state index contributed by atoms with van der Waals surface area (Å²) in [6.07, 6.45) is 9.36. The van der Waals surface area contributed by atoms with Crippen molar-refractivity contribution in [3.63, 3.8) is 0 Å². The molecule has 2 aliphatic heterocycles. The highest BCUT2D eigenvalue weighted by molar-refractivity contribution is 6.35. The fourth-order valence-corrected chi connectivity index (χ4v) is 5.84. The first-order valence-electron chi connectivity index (χ1n) is 13.5. The molecule has 0 atom stereocenters. The molecule has 10 nitrogen and oxygen atoms in total. The molecular formula is C29H29Cl2N7O3. The van der Waals surface area contributed by atoms with E-state index in [4.69, 9.17) is 37.7 Å². The van der Waals surface area contributed by atoms with Crippen LogP contribution in [0.1, 0.15) is 24.8 Å². The van der Waals surface area contributed by atoms with Crippen LogP contribution in [0.2, 0.25) is 10.0 Å². The maximum absolute atomic E-state index is 11.7. The van der Waals surface area contributed by atoms with Gasteiger partial charge in [0.05, 0.1) is 25.2 Å². The molecule has 3 aromatic heterocycles. The molecule has 0 saturated carbocycles. The number of likely N-dealkylation sites (tertiary alicyclic amines) is 1. The number of carbonyl (C=O) groups is 1. The second-order valence-electron chi connectivity index (χ2n) is 10.2. The molecule has 0 aliphatic carbocycles. The number of benzene rings is 1. The van der Waals surface area contributed by atoms with Crippen molar-refractivity contribution in [3.8, 4) is 22.9 Å². The Morgan fingerprint density at radius 3 is 2.46 bits per heavy atom. The first kappa shape index (κ1) is 27.4. The first-order chi connectivity index (χ1) is 19.9. The number of rotatable bonds is 8. The van der Waals surface area contributed by atoms with Crippen molar-refractivity contribution in [1.82, 2.24) is 29.4 Å². The van der Waals surface area contributed by atoms with E-state index in [1.165, 1.54) is 7.11 Å². The van der Waals surface area contributed by atoms with Gasteiger partial charge in [-0.2, -0.15) is 0 Å². The van der Waals surface area contributed by atoms with Crippen molar-refractivity contribution >= 4 is 41.1 Å². The van der Waals surface area contributed by atoms with Crippen LogP contribution in [0.3, 0.4) is 0 Å². The monoisotopic (exact) mass is 593 g/mol. The highest BCUT2D eigenvalue weighted by Crippen LogP contribution is 2.32. The van der Waals surface area contributed by atoms with Gasteiger partial charge < -0.3 is 14.0 Å². The zero-order chi connectivity index (χ0) is 28.3. The summed E-state index contributed by atoms with van der Waals surface area (Å²) in [5.74, 6) is 2.48. The number of imidazole rings is 1. The fraction of sp³-hybridized carbons (Fsp3) is 0.345. The van der Waals surface area contributed by atoms with E-state index in [-0.39, 0.29) is 5.97 Å². The standard InChI is InChI=1S/C29H29Cl2N7O3/c1-40-27(39)12-19-2-5-36(6-3-19)18-20-10-25(21-13-22(30)15-23(31)14-21)35-26(11-20)41-24-16-33-28(34-17-24)38-9-8-37-7-4-32-29(37)38/h4,7,10-11,13-17,19H,2-3,5-6,8-9,12,18H2,1H3. The smallest absolute Gasteiger partial charge is 0.305 e. The van der Waals surface area contributed by atoms with Crippen LogP contribution in [-0.2, 0) is 22.6 Å².